The van der Waals surface area contributed by atoms with Crippen molar-refractivity contribution in [1.29, 1.82) is 0 Å². The molecule has 5 rings (SSSR count). The van der Waals surface area contributed by atoms with Crippen LogP contribution >= 0.6 is 0 Å². The lowest BCUT2D eigenvalue weighted by Gasteiger charge is -2.18. The second-order valence-corrected chi connectivity index (χ2v) is 6.69. The number of aromatic nitrogens is 4. The molecule has 4 aromatic rings. The van der Waals surface area contributed by atoms with Gasteiger partial charge in [-0.1, -0.05) is 0 Å². The third kappa shape index (κ3) is 2.20. The minimum atomic E-state index is -1.20. The summed E-state index contributed by atoms with van der Waals surface area (Å²) in [6, 6.07) is 3.71. The van der Waals surface area contributed by atoms with Crippen molar-refractivity contribution in [3.8, 4) is 11.3 Å². The van der Waals surface area contributed by atoms with Crippen LogP contribution in [0, 0.1) is 0 Å². The van der Waals surface area contributed by atoms with Crippen molar-refractivity contribution in [2.75, 3.05) is 6.61 Å². The molecule has 4 aromatic heterocycles. The van der Waals surface area contributed by atoms with Gasteiger partial charge in [-0.2, -0.15) is 0 Å². The number of hydrogen-bond donors (Lipinski definition) is 3. The Morgan fingerprint density at radius 3 is 2.74 bits per heavy atom. The largest absolute Gasteiger partial charge is 0.472 e. The maximum atomic E-state index is 10.5. The first kappa shape index (κ1) is 16.5. The second-order valence-electron chi connectivity index (χ2n) is 6.69. The first-order valence-corrected chi connectivity index (χ1v) is 8.56. The van der Waals surface area contributed by atoms with Crippen molar-refractivity contribution in [2.24, 2.45) is 7.05 Å². The summed E-state index contributed by atoms with van der Waals surface area (Å²) in [5.74, 6) is 0. The maximum absolute atomic E-state index is 10.5. The standard InChI is InChI=1S/C18H18N4O5/c1-21-4-2-10-14(21)12-13(9-3-5-26-7-9)19-8-20-17(12)22(10)18-16(25)15(24)11(6-23)27-18/h2-5,7-8,11,15-16,18,23-25H,6H2,1H3/t11-,15-,16-,18?/m1/s1. The van der Waals surface area contributed by atoms with Gasteiger partial charge in [0.25, 0.3) is 0 Å². The average Bonchev–Trinajstić information content (AvgIpc) is 3.43. The summed E-state index contributed by atoms with van der Waals surface area (Å²) in [6.45, 7) is -0.388. The van der Waals surface area contributed by atoms with Crippen LogP contribution < -0.4 is 0 Å². The molecule has 0 amide bonds. The van der Waals surface area contributed by atoms with Crippen LogP contribution in [0.1, 0.15) is 6.23 Å². The number of nitrogens with zero attached hydrogens (tertiary/aromatic N) is 4. The van der Waals surface area contributed by atoms with Gasteiger partial charge in [-0.05, 0) is 12.1 Å². The highest BCUT2D eigenvalue weighted by Gasteiger charge is 2.44. The van der Waals surface area contributed by atoms with Gasteiger partial charge in [0.1, 0.15) is 30.3 Å². The molecule has 1 aliphatic rings. The predicted molar refractivity (Wildman–Crippen MR) is 94.7 cm³/mol. The van der Waals surface area contributed by atoms with Crippen molar-refractivity contribution in [3.05, 3.63) is 37.2 Å². The fourth-order valence-corrected chi connectivity index (χ4v) is 3.88. The number of aryl methyl sites for hydroxylation is 1. The molecule has 27 heavy (non-hydrogen) atoms. The van der Waals surface area contributed by atoms with Crippen LogP contribution in [0.4, 0.5) is 0 Å². The minimum Gasteiger partial charge on any atom is -0.472 e. The van der Waals surface area contributed by atoms with E-state index >= 15 is 0 Å². The topological polar surface area (TPSA) is 119 Å². The van der Waals surface area contributed by atoms with E-state index < -0.39 is 24.5 Å². The number of furan rings is 1. The van der Waals surface area contributed by atoms with E-state index in [0.29, 0.717) is 11.3 Å². The van der Waals surface area contributed by atoms with E-state index in [0.717, 1.165) is 22.0 Å². The van der Waals surface area contributed by atoms with E-state index in [9.17, 15) is 15.3 Å². The molecule has 0 bridgehead atoms. The zero-order chi connectivity index (χ0) is 18.7. The van der Waals surface area contributed by atoms with E-state index in [1.807, 2.05) is 29.9 Å². The average molecular weight is 370 g/mol. The van der Waals surface area contributed by atoms with Gasteiger partial charge in [-0.3, -0.25) is 4.57 Å². The van der Waals surface area contributed by atoms with E-state index in [1.54, 1.807) is 17.1 Å². The van der Waals surface area contributed by atoms with Gasteiger partial charge in [0, 0.05) is 18.8 Å². The molecule has 1 aliphatic heterocycles. The minimum absolute atomic E-state index is 0.388. The van der Waals surface area contributed by atoms with Crippen LogP contribution in [-0.4, -0.2) is 59.3 Å². The van der Waals surface area contributed by atoms with Gasteiger partial charge in [0.05, 0.1) is 41.2 Å². The van der Waals surface area contributed by atoms with Crippen LogP contribution in [0.25, 0.3) is 33.3 Å². The van der Waals surface area contributed by atoms with Crippen LogP contribution in [0.3, 0.4) is 0 Å². The van der Waals surface area contributed by atoms with Crippen molar-refractivity contribution in [2.45, 2.75) is 24.5 Å². The predicted octanol–water partition coefficient (Wildman–Crippen LogP) is 0.794. The Morgan fingerprint density at radius 1 is 1.19 bits per heavy atom. The highest BCUT2D eigenvalue weighted by molar-refractivity contribution is 6.11. The zero-order valence-electron chi connectivity index (χ0n) is 14.4. The van der Waals surface area contributed by atoms with Crippen LogP contribution in [0.15, 0.2) is 41.6 Å². The highest BCUT2D eigenvalue weighted by atomic mass is 16.6. The number of ether oxygens (including phenoxy) is 1. The van der Waals surface area contributed by atoms with Crippen molar-refractivity contribution in [1.82, 2.24) is 19.1 Å². The SMILES string of the molecule is Cn1ccc2c1c1c(-c3ccoc3)ncnc1n2C1O[C@H](CO)[C@@H](O)[C@H]1O. The van der Waals surface area contributed by atoms with Crippen LogP contribution in [0.2, 0.25) is 0 Å². The van der Waals surface area contributed by atoms with Gasteiger partial charge < -0.3 is 29.0 Å². The normalized spacial score (nSPS) is 25.8. The van der Waals surface area contributed by atoms with E-state index in [1.165, 1.54) is 6.33 Å². The molecule has 1 unspecified atom stereocenters. The summed E-state index contributed by atoms with van der Waals surface area (Å²) < 4.78 is 14.7. The lowest BCUT2D eigenvalue weighted by atomic mass is 10.1. The molecular formula is C18H18N4O5. The molecule has 0 saturated carbocycles. The summed E-state index contributed by atoms with van der Waals surface area (Å²) >= 11 is 0. The Labute approximate surface area is 153 Å². The lowest BCUT2D eigenvalue weighted by molar-refractivity contribution is -0.0489. The summed E-state index contributed by atoms with van der Waals surface area (Å²) in [4.78, 5) is 8.86. The molecule has 1 fully saturated rings. The van der Waals surface area contributed by atoms with E-state index in [4.69, 9.17) is 9.15 Å². The quantitative estimate of drug-likeness (QED) is 0.488. The van der Waals surface area contributed by atoms with E-state index in [-0.39, 0.29) is 6.61 Å². The monoisotopic (exact) mass is 370 g/mol. The fraction of sp³-hybridized carbons (Fsp3) is 0.333. The zero-order valence-corrected chi connectivity index (χ0v) is 14.4. The molecule has 0 radical (unpaired) electrons. The number of hydrogen-bond acceptors (Lipinski definition) is 7. The number of rotatable bonds is 3. The summed E-state index contributed by atoms with van der Waals surface area (Å²) in [5.41, 5.74) is 3.74. The molecule has 0 aromatic carbocycles. The third-order valence-electron chi connectivity index (χ3n) is 5.17. The molecule has 0 spiro atoms. The Morgan fingerprint density at radius 2 is 2.04 bits per heavy atom. The summed E-state index contributed by atoms with van der Waals surface area (Å²) in [5, 5.41) is 30.9. The van der Waals surface area contributed by atoms with Gasteiger partial charge in [-0.25, -0.2) is 9.97 Å². The number of aliphatic hydroxyl groups excluding tert-OH is 3. The van der Waals surface area contributed by atoms with Gasteiger partial charge in [0.2, 0.25) is 0 Å². The van der Waals surface area contributed by atoms with Gasteiger partial charge in [-0.15, -0.1) is 0 Å². The molecule has 5 heterocycles. The molecule has 9 nitrogen and oxygen atoms in total. The van der Waals surface area contributed by atoms with Gasteiger partial charge in [0.15, 0.2) is 6.23 Å². The van der Waals surface area contributed by atoms with Gasteiger partial charge >= 0.3 is 0 Å². The molecule has 9 heteroatoms. The molecule has 1 saturated heterocycles. The van der Waals surface area contributed by atoms with Crippen LogP contribution in [0.5, 0.6) is 0 Å². The van der Waals surface area contributed by atoms with Crippen LogP contribution in [-0.2, 0) is 11.8 Å². The smallest absolute Gasteiger partial charge is 0.165 e. The Balaban J connectivity index is 1.82. The third-order valence-corrected chi connectivity index (χ3v) is 5.17. The lowest BCUT2D eigenvalue weighted by Crippen LogP contribution is -2.33. The molecule has 3 N–H and O–H groups in total. The molecular weight excluding hydrogens is 352 g/mol. The molecule has 0 aliphatic carbocycles. The molecule has 140 valence electrons. The Kier molecular flexibility index (Phi) is 3.59. The molecule has 4 atom stereocenters. The van der Waals surface area contributed by atoms with Crippen molar-refractivity contribution in [3.63, 3.8) is 0 Å². The Bertz CT molecular complexity index is 1120. The second kappa shape index (κ2) is 5.89. The number of fused-ring (bicyclic) bond motifs is 3. The number of aliphatic hydroxyl groups is 3. The Hall–Kier alpha value is -2.72. The summed E-state index contributed by atoms with van der Waals surface area (Å²) in [7, 11) is 1.91. The summed E-state index contributed by atoms with van der Waals surface area (Å²) in [6.07, 6.45) is 2.40. The first-order chi connectivity index (χ1) is 13.1. The first-order valence-electron chi connectivity index (χ1n) is 8.56. The van der Waals surface area contributed by atoms with Crippen molar-refractivity contribution < 1.29 is 24.5 Å². The highest BCUT2D eigenvalue weighted by Crippen LogP contribution is 2.40. The van der Waals surface area contributed by atoms with Crippen molar-refractivity contribution >= 4 is 22.1 Å². The van der Waals surface area contributed by atoms with E-state index in [2.05, 4.69) is 9.97 Å². The fourth-order valence-electron chi connectivity index (χ4n) is 3.88. The maximum Gasteiger partial charge on any atom is 0.165 e.